The average molecular weight is 390 g/mol. The van der Waals surface area contributed by atoms with E-state index in [0.717, 1.165) is 0 Å². The number of fused-ring (bicyclic) bond motifs is 2. The van der Waals surface area contributed by atoms with Gasteiger partial charge in [0, 0.05) is 0 Å². The summed E-state index contributed by atoms with van der Waals surface area (Å²) in [5.74, 6) is -3.08. The summed E-state index contributed by atoms with van der Waals surface area (Å²) in [6.45, 7) is -0.00423. The van der Waals surface area contributed by atoms with Crippen LogP contribution in [0, 0.1) is 11.6 Å². The van der Waals surface area contributed by atoms with Gasteiger partial charge in [0.2, 0.25) is 0 Å². The highest BCUT2D eigenvalue weighted by atomic mass is 32.1. The lowest BCUT2D eigenvalue weighted by molar-refractivity contribution is -0.142. The lowest BCUT2D eigenvalue weighted by atomic mass is 10.1. The number of amides is 1. The number of aliphatic carboxylic acids is 1. The molecule has 1 N–H and O–H groups in total. The van der Waals surface area contributed by atoms with Crippen LogP contribution in [0.1, 0.15) is 11.4 Å². The molecule has 2 aromatic carbocycles. The zero-order valence-corrected chi connectivity index (χ0v) is 14.5. The Morgan fingerprint density at radius 3 is 2.89 bits per heavy atom. The number of para-hydroxylation sites is 1. The predicted molar refractivity (Wildman–Crippen MR) is 93.8 cm³/mol. The molecule has 9 heteroatoms. The molecule has 1 unspecified atom stereocenters. The van der Waals surface area contributed by atoms with Crippen LogP contribution in [-0.4, -0.2) is 28.1 Å². The van der Waals surface area contributed by atoms with Crippen LogP contribution in [-0.2, 0) is 16.1 Å². The highest BCUT2D eigenvalue weighted by molar-refractivity contribution is 7.18. The van der Waals surface area contributed by atoms with Crippen molar-refractivity contribution >= 4 is 39.1 Å². The summed E-state index contributed by atoms with van der Waals surface area (Å²) in [4.78, 5) is 29.4. The number of carbonyl (C=O) groups excluding carboxylic acids is 1. The van der Waals surface area contributed by atoms with E-state index in [9.17, 15) is 18.4 Å². The molecule has 0 saturated carbocycles. The lowest BCUT2D eigenvalue weighted by Gasteiger charge is -2.33. The monoisotopic (exact) mass is 390 g/mol. The Hall–Kier alpha value is -3.07. The molecule has 27 heavy (non-hydrogen) atoms. The van der Waals surface area contributed by atoms with Gasteiger partial charge in [-0.15, -0.1) is 11.3 Å². The fourth-order valence-electron chi connectivity index (χ4n) is 2.91. The number of carboxylic acids is 1. The third-order valence-corrected chi connectivity index (χ3v) is 5.09. The second-order valence-electron chi connectivity index (χ2n) is 5.94. The van der Waals surface area contributed by atoms with E-state index in [-0.39, 0.29) is 18.0 Å². The minimum Gasteiger partial charge on any atom is -0.481 e. The SMILES string of the molecule is O=C(O)CC1Oc2c(F)cccc2N(Cc2nc3ccc(F)cc3s2)C1=O. The topological polar surface area (TPSA) is 79.7 Å². The third-order valence-electron chi connectivity index (χ3n) is 4.09. The van der Waals surface area contributed by atoms with Crippen molar-refractivity contribution in [3.8, 4) is 5.75 Å². The summed E-state index contributed by atoms with van der Waals surface area (Å²) in [5.41, 5.74) is 0.783. The van der Waals surface area contributed by atoms with Crippen LogP contribution in [0.15, 0.2) is 36.4 Å². The van der Waals surface area contributed by atoms with Crippen LogP contribution >= 0.6 is 11.3 Å². The van der Waals surface area contributed by atoms with Crippen molar-refractivity contribution in [3.05, 3.63) is 53.0 Å². The average Bonchev–Trinajstić information content (AvgIpc) is 3.00. The number of ether oxygens (including phenoxy) is 1. The minimum atomic E-state index is -1.33. The number of thiazole rings is 1. The van der Waals surface area contributed by atoms with Crippen LogP contribution in [0.4, 0.5) is 14.5 Å². The molecule has 1 atom stereocenters. The van der Waals surface area contributed by atoms with E-state index >= 15 is 0 Å². The minimum absolute atomic E-state index is 0.00423. The van der Waals surface area contributed by atoms with Gasteiger partial charge < -0.3 is 9.84 Å². The largest absolute Gasteiger partial charge is 0.481 e. The highest BCUT2D eigenvalue weighted by Gasteiger charge is 2.37. The summed E-state index contributed by atoms with van der Waals surface area (Å²) < 4.78 is 33.5. The molecule has 4 rings (SSSR count). The molecular weight excluding hydrogens is 378 g/mol. The fraction of sp³-hybridized carbons (Fsp3) is 0.167. The zero-order chi connectivity index (χ0) is 19.1. The molecule has 0 fully saturated rings. The number of halogens is 2. The summed E-state index contributed by atoms with van der Waals surface area (Å²) >= 11 is 1.21. The van der Waals surface area contributed by atoms with Gasteiger partial charge in [0.15, 0.2) is 17.7 Å². The normalized spacial score (nSPS) is 16.3. The van der Waals surface area contributed by atoms with Crippen LogP contribution < -0.4 is 9.64 Å². The fourth-order valence-corrected chi connectivity index (χ4v) is 3.89. The van der Waals surface area contributed by atoms with Crippen LogP contribution in [0.5, 0.6) is 5.75 Å². The number of aromatic nitrogens is 1. The highest BCUT2D eigenvalue weighted by Crippen LogP contribution is 2.38. The Balaban J connectivity index is 1.73. The van der Waals surface area contributed by atoms with E-state index in [1.54, 1.807) is 0 Å². The van der Waals surface area contributed by atoms with Gasteiger partial charge in [-0.2, -0.15) is 0 Å². The second-order valence-corrected chi connectivity index (χ2v) is 7.05. The van der Waals surface area contributed by atoms with Gasteiger partial charge in [0.25, 0.3) is 5.91 Å². The second kappa shape index (κ2) is 6.58. The molecule has 138 valence electrons. The number of anilines is 1. The summed E-state index contributed by atoms with van der Waals surface area (Å²) in [6, 6.07) is 8.29. The molecule has 1 aliphatic rings. The Labute approximate surface area is 155 Å². The summed E-state index contributed by atoms with van der Waals surface area (Å²) in [7, 11) is 0. The van der Waals surface area contributed by atoms with Gasteiger partial charge in [-0.1, -0.05) is 6.07 Å². The van der Waals surface area contributed by atoms with Crippen LogP contribution in [0.3, 0.4) is 0 Å². The molecule has 1 amide bonds. The predicted octanol–water partition coefficient (Wildman–Crippen LogP) is 3.34. The Kier molecular flexibility index (Phi) is 4.23. The third kappa shape index (κ3) is 3.21. The van der Waals surface area contributed by atoms with Gasteiger partial charge in [0.1, 0.15) is 10.8 Å². The molecule has 0 spiro atoms. The Morgan fingerprint density at radius 2 is 2.11 bits per heavy atom. The molecule has 2 heterocycles. The maximum Gasteiger partial charge on any atom is 0.307 e. The zero-order valence-electron chi connectivity index (χ0n) is 13.7. The summed E-state index contributed by atoms with van der Waals surface area (Å²) in [6.07, 6.45) is -1.92. The number of rotatable bonds is 4. The molecule has 0 bridgehead atoms. The van der Waals surface area contributed by atoms with Crippen molar-refractivity contribution in [1.29, 1.82) is 0 Å². The Bertz CT molecular complexity index is 1070. The van der Waals surface area contributed by atoms with E-state index in [1.165, 1.54) is 52.6 Å². The molecule has 3 aromatic rings. The van der Waals surface area contributed by atoms with E-state index in [1.807, 2.05) is 0 Å². The smallest absolute Gasteiger partial charge is 0.307 e. The molecule has 1 aromatic heterocycles. The van der Waals surface area contributed by atoms with Gasteiger partial charge >= 0.3 is 5.97 Å². The van der Waals surface area contributed by atoms with E-state index in [4.69, 9.17) is 9.84 Å². The molecule has 0 aliphatic carbocycles. The molecule has 0 saturated heterocycles. The van der Waals surface area contributed by atoms with E-state index in [0.29, 0.717) is 15.2 Å². The van der Waals surface area contributed by atoms with Crippen molar-refractivity contribution in [2.24, 2.45) is 0 Å². The van der Waals surface area contributed by atoms with Crippen LogP contribution in [0.25, 0.3) is 10.2 Å². The standard InChI is InChI=1S/C18H12F2N2O4S/c19-9-4-5-11-14(6-9)27-15(21-11)8-22-12-3-1-2-10(20)17(12)26-13(18(22)25)7-16(23)24/h1-6,13H,7-8H2,(H,23,24). The maximum atomic E-state index is 14.2. The number of hydrogen-bond acceptors (Lipinski definition) is 5. The first-order chi connectivity index (χ1) is 12.9. The van der Waals surface area contributed by atoms with Crippen molar-refractivity contribution in [3.63, 3.8) is 0 Å². The first kappa shape index (κ1) is 17.3. The van der Waals surface area contributed by atoms with Crippen molar-refractivity contribution in [2.45, 2.75) is 19.1 Å². The van der Waals surface area contributed by atoms with Crippen molar-refractivity contribution < 1.29 is 28.2 Å². The van der Waals surface area contributed by atoms with Gasteiger partial charge in [0.05, 0.1) is 28.9 Å². The quantitative estimate of drug-likeness (QED) is 0.739. The lowest BCUT2D eigenvalue weighted by Crippen LogP contribution is -2.46. The van der Waals surface area contributed by atoms with E-state index < -0.39 is 36.0 Å². The number of benzene rings is 2. The van der Waals surface area contributed by atoms with Crippen LogP contribution in [0.2, 0.25) is 0 Å². The number of hydrogen-bond donors (Lipinski definition) is 1. The maximum absolute atomic E-state index is 14.2. The number of carboxylic acid groups (broad SMARTS) is 1. The molecule has 6 nitrogen and oxygen atoms in total. The van der Waals surface area contributed by atoms with Gasteiger partial charge in [-0.05, 0) is 30.3 Å². The molecular formula is C18H12F2N2O4S. The number of carbonyl (C=O) groups is 2. The first-order valence-corrected chi connectivity index (χ1v) is 8.77. The van der Waals surface area contributed by atoms with Crippen molar-refractivity contribution in [2.75, 3.05) is 4.90 Å². The number of nitrogens with zero attached hydrogens (tertiary/aromatic N) is 2. The molecule has 1 aliphatic heterocycles. The van der Waals surface area contributed by atoms with E-state index in [2.05, 4.69) is 4.98 Å². The Morgan fingerprint density at radius 1 is 1.30 bits per heavy atom. The summed E-state index contributed by atoms with van der Waals surface area (Å²) in [5, 5.41) is 9.52. The molecule has 0 radical (unpaired) electrons. The van der Waals surface area contributed by atoms with Gasteiger partial charge in [-0.25, -0.2) is 13.8 Å². The van der Waals surface area contributed by atoms with Crippen molar-refractivity contribution in [1.82, 2.24) is 4.98 Å². The first-order valence-electron chi connectivity index (χ1n) is 7.95. The van der Waals surface area contributed by atoms with Gasteiger partial charge in [-0.3, -0.25) is 14.5 Å².